The van der Waals surface area contributed by atoms with E-state index >= 15 is 0 Å². The van der Waals surface area contributed by atoms with Crippen LogP contribution in [0.2, 0.25) is 0 Å². The molecule has 1 unspecified atom stereocenters. The Kier molecular flexibility index (Phi) is 4.02. The number of pyridine rings is 1. The monoisotopic (exact) mass is 258 g/mol. The Bertz CT molecular complexity index is 531. The molecule has 0 aliphatic heterocycles. The third kappa shape index (κ3) is 2.85. The zero-order valence-corrected chi connectivity index (χ0v) is 11.1. The van der Waals surface area contributed by atoms with Crippen molar-refractivity contribution in [3.63, 3.8) is 0 Å². The summed E-state index contributed by atoms with van der Waals surface area (Å²) in [4.78, 5) is 4.00. The minimum absolute atomic E-state index is 0.0327. The summed E-state index contributed by atoms with van der Waals surface area (Å²) in [6.07, 6.45) is 3.43. The van der Waals surface area contributed by atoms with Crippen molar-refractivity contribution >= 4 is 5.69 Å². The lowest BCUT2D eigenvalue weighted by Gasteiger charge is -2.31. The average Bonchev–Trinajstić information content (AvgIpc) is 2.48. The van der Waals surface area contributed by atoms with Gasteiger partial charge < -0.3 is 15.2 Å². The molecule has 0 fully saturated rings. The number of methoxy groups -OCH3 is 1. The smallest absolute Gasteiger partial charge is 0.141 e. The SMILES string of the molecule is COc1ccccc1NC(C)(CO)c1ccncc1. The molecule has 2 rings (SSSR count). The van der Waals surface area contributed by atoms with E-state index in [1.165, 1.54) is 0 Å². The number of nitrogens with zero attached hydrogens (tertiary/aromatic N) is 1. The lowest BCUT2D eigenvalue weighted by Crippen LogP contribution is -2.36. The van der Waals surface area contributed by atoms with Crippen LogP contribution in [0.4, 0.5) is 5.69 Å². The van der Waals surface area contributed by atoms with Gasteiger partial charge >= 0.3 is 0 Å². The predicted octanol–water partition coefficient (Wildman–Crippen LogP) is 2.41. The maximum atomic E-state index is 9.74. The molecule has 1 aromatic carbocycles. The van der Waals surface area contributed by atoms with Crippen molar-refractivity contribution in [3.05, 3.63) is 54.4 Å². The molecule has 0 saturated carbocycles. The van der Waals surface area contributed by atoms with Crippen molar-refractivity contribution in [2.45, 2.75) is 12.5 Å². The number of anilines is 1. The number of para-hydroxylation sites is 2. The van der Waals surface area contributed by atoms with Gasteiger partial charge in [-0.3, -0.25) is 4.98 Å². The molecule has 0 saturated heterocycles. The van der Waals surface area contributed by atoms with E-state index in [1.54, 1.807) is 19.5 Å². The van der Waals surface area contributed by atoms with Crippen LogP contribution in [0.1, 0.15) is 12.5 Å². The van der Waals surface area contributed by atoms with Crippen LogP contribution in [0.3, 0.4) is 0 Å². The first-order valence-electron chi connectivity index (χ1n) is 6.12. The normalized spacial score (nSPS) is 13.6. The number of ether oxygens (including phenoxy) is 1. The second-order valence-corrected chi connectivity index (χ2v) is 4.55. The molecule has 0 radical (unpaired) electrons. The second kappa shape index (κ2) is 5.71. The van der Waals surface area contributed by atoms with Crippen molar-refractivity contribution in [3.8, 4) is 5.75 Å². The first-order chi connectivity index (χ1) is 9.19. The van der Waals surface area contributed by atoms with Gasteiger partial charge in [0.1, 0.15) is 5.75 Å². The molecule has 19 heavy (non-hydrogen) atoms. The summed E-state index contributed by atoms with van der Waals surface area (Å²) in [5.41, 5.74) is 1.23. The summed E-state index contributed by atoms with van der Waals surface area (Å²) in [6.45, 7) is 1.91. The van der Waals surface area contributed by atoms with Crippen molar-refractivity contribution < 1.29 is 9.84 Å². The molecule has 1 atom stereocenters. The third-order valence-electron chi connectivity index (χ3n) is 3.15. The molecule has 100 valence electrons. The van der Waals surface area contributed by atoms with Crippen LogP contribution in [-0.4, -0.2) is 23.8 Å². The van der Waals surface area contributed by atoms with Gasteiger partial charge in [0.15, 0.2) is 0 Å². The van der Waals surface area contributed by atoms with Gasteiger partial charge in [-0.05, 0) is 36.8 Å². The van der Waals surface area contributed by atoms with E-state index in [2.05, 4.69) is 10.3 Å². The number of nitrogens with one attached hydrogen (secondary N) is 1. The molecular formula is C15H18N2O2. The topological polar surface area (TPSA) is 54.4 Å². The van der Waals surface area contributed by atoms with E-state index in [9.17, 15) is 5.11 Å². The Balaban J connectivity index is 2.33. The number of hydrogen-bond donors (Lipinski definition) is 2. The van der Waals surface area contributed by atoms with Crippen LogP contribution < -0.4 is 10.1 Å². The van der Waals surface area contributed by atoms with E-state index in [-0.39, 0.29) is 6.61 Å². The molecule has 4 heteroatoms. The highest BCUT2D eigenvalue weighted by molar-refractivity contribution is 5.58. The fourth-order valence-electron chi connectivity index (χ4n) is 1.97. The Labute approximate surface area is 113 Å². The largest absolute Gasteiger partial charge is 0.495 e. The molecule has 1 aromatic heterocycles. The Hall–Kier alpha value is -2.07. The standard InChI is InChI=1S/C15H18N2O2/c1-15(11-18,12-7-9-16-10-8-12)17-13-5-3-4-6-14(13)19-2/h3-10,17-18H,11H2,1-2H3. The van der Waals surface area contributed by atoms with Gasteiger partial charge in [-0.2, -0.15) is 0 Å². The molecule has 2 N–H and O–H groups in total. The zero-order chi connectivity index (χ0) is 13.7. The van der Waals surface area contributed by atoms with Crippen LogP contribution in [-0.2, 0) is 5.54 Å². The number of aliphatic hydroxyl groups is 1. The Morgan fingerprint density at radius 3 is 2.53 bits per heavy atom. The van der Waals surface area contributed by atoms with Crippen LogP contribution in [0, 0.1) is 0 Å². The highest BCUT2D eigenvalue weighted by Gasteiger charge is 2.26. The highest BCUT2D eigenvalue weighted by Crippen LogP contribution is 2.31. The maximum Gasteiger partial charge on any atom is 0.141 e. The van der Waals surface area contributed by atoms with Crippen molar-refractivity contribution in [2.24, 2.45) is 0 Å². The average molecular weight is 258 g/mol. The summed E-state index contributed by atoms with van der Waals surface area (Å²) >= 11 is 0. The Morgan fingerprint density at radius 2 is 1.89 bits per heavy atom. The fourth-order valence-corrected chi connectivity index (χ4v) is 1.97. The van der Waals surface area contributed by atoms with Gasteiger partial charge in [-0.1, -0.05) is 12.1 Å². The van der Waals surface area contributed by atoms with E-state index in [1.807, 2.05) is 43.3 Å². The molecule has 0 spiro atoms. The summed E-state index contributed by atoms with van der Waals surface area (Å²) < 4.78 is 5.32. The molecule has 4 nitrogen and oxygen atoms in total. The first kappa shape index (κ1) is 13.4. The van der Waals surface area contributed by atoms with Gasteiger partial charge in [0.25, 0.3) is 0 Å². The summed E-state index contributed by atoms with van der Waals surface area (Å²) in [7, 11) is 1.63. The fraction of sp³-hybridized carbons (Fsp3) is 0.267. The summed E-state index contributed by atoms with van der Waals surface area (Å²) in [6, 6.07) is 11.4. The molecule has 0 aliphatic rings. The third-order valence-corrected chi connectivity index (χ3v) is 3.15. The molecular weight excluding hydrogens is 240 g/mol. The molecule has 1 heterocycles. The Morgan fingerprint density at radius 1 is 1.21 bits per heavy atom. The van der Waals surface area contributed by atoms with E-state index < -0.39 is 5.54 Å². The number of aromatic nitrogens is 1. The van der Waals surface area contributed by atoms with Gasteiger partial charge in [0.2, 0.25) is 0 Å². The van der Waals surface area contributed by atoms with Gasteiger partial charge in [-0.25, -0.2) is 0 Å². The molecule has 0 amide bonds. The van der Waals surface area contributed by atoms with E-state index in [0.29, 0.717) is 0 Å². The minimum Gasteiger partial charge on any atom is -0.495 e. The molecule has 0 aliphatic carbocycles. The van der Waals surface area contributed by atoms with Gasteiger partial charge in [0, 0.05) is 12.4 Å². The zero-order valence-electron chi connectivity index (χ0n) is 11.1. The number of hydrogen-bond acceptors (Lipinski definition) is 4. The van der Waals surface area contributed by atoms with Crippen LogP contribution in [0.15, 0.2) is 48.8 Å². The number of benzene rings is 1. The van der Waals surface area contributed by atoms with Gasteiger partial charge in [0.05, 0.1) is 24.9 Å². The van der Waals surface area contributed by atoms with Crippen LogP contribution in [0.25, 0.3) is 0 Å². The van der Waals surface area contributed by atoms with Crippen LogP contribution >= 0.6 is 0 Å². The van der Waals surface area contributed by atoms with Gasteiger partial charge in [-0.15, -0.1) is 0 Å². The van der Waals surface area contributed by atoms with Crippen LogP contribution in [0.5, 0.6) is 5.75 Å². The molecule has 0 bridgehead atoms. The van der Waals surface area contributed by atoms with E-state index in [0.717, 1.165) is 17.0 Å². The summed E-state index contributed by atoms with van der Waals surface area (Å²) in [5.74, 6) is 0.747. The quantitative estimate of drug-likeness (QED) is 0.864. The van der Waals surface area contributed by atoms with Crippen molar-refractivity contribution in [2.75, 3.05) is 19.0 Å². The molecule has 2 aromatic rings. The second-order valence-electron chi connectivity index (χ2n) is 4.55. The van der Waals surface area contributed by atoms with Crippen molar-refractivity contribution in [1.82, 2.24) is 4.98 Å². The number of rotatable bonds is 5. The van der Waals surface area contributed by atoms with E-state index in [4.69, 9.17) is 4.74 Å². The maximum absolute atomic E-state index is 9.74. The lowest BCUT2D eigenvalue weighted by atomic mass is 9.93. The first-order valence-corrected chi connectivity index (χ1v) is 6.12. The van der Waals surface area contributed by atoms with Crippen molar-refractivity contribution in [1.29, 1.82) is 0 Å². The minimum atomic E-state index is -0.586. The number of aliphatic hydroxyl groups excluding tert-OH is 1. The highest BCUT2D eigenvalue weighted by atomic mass is 16.5. The predicted molar refractivity (Wildman–Crippen MR) is 75.3 cm³/mol. The lowest BCUT2D eigenvalue weighted by molar-refractivity contribution is 0.223. The summed E-state index contributed by atoms with van der Waals surface area (Å²) in [5, 5.41) is 13.1.